The lowest BCUT2D eigenvalue weighted by atomic mass is 10.1. The minimum atomic E-state index is -5.08. The minimum absolute atomic E-state index is 0.312. The fraction of sp³-hybridized carbons (Fsp3) is 0.286. The highest BCUT2D eigenvalue weighted by Gasteiger charge is 2.39. The van der Waals surface area contributed by atoms with Crippen molar-refractivity contribution in [3.8, 4) is 22.6 Å². The summed E-state index contributed by atoms with van der Waals surface area (Å²) in [5.74, 6) is -3.83. The monoisotopic (exact) mass is 626 g/mol. The predicted octanol–water partition coefficient (Wildman–Crippen LogP) is 5.73. The van der Waals surface area contributed by atoms with Gasteiger partial charge >= 0.3 is 24.3 Å². The van der Waals surface area contributed by atoms with Gasteiger partial charge in [0.1, 0.15) is 0 Å². The van der Waals surface area contributed by atoms with E-state index in [1.54, 1.807) is 6.20 Å². The molecule has 16 heteroatoms. The van der Waals surface area contributed by atoms with E-state index in [9.17, 15) is 26.3 Å². The molecular formula is C28H24F6N4O6. The van der Waals surface area contributed by atoms with Crippen molar-refractivity contribution in [2.45, 2.75) is 37.8 Å². The molecule has 2 aliphatic heterocycles. The van der Waals surface area contributed by atoms with Crippen LogP contribution in [-0.2, 0) is 16.1 Å². The van der Waals surface area contributed by atoms with Gasteiger partial charge in [0.25, 0.3) is 0 Å². The highest BCUT2D eigenvalue weighted by atomic mass is 19.4. The van der Waals surface area contributed by atoms with Gasteiger partial charge in [-0.3, -0.25) is 9.88 Å². The van der Waals surface area contributed by atoms with Gasteiger partial charge in [0.05, 0.1) is 23.6 Å². The summed E-state index contributed by atoms with van der Waals surface area (Å²) in [6, 6.07) is 15.0. The topological polar surface area (TPSA) is 126 Å². The number of carboxylic acid groups (broad SMARTS) is 2. The lowest BCUT2D eigenvalue weighted by Gasteiger charge is -2.23. The summed E-state index contributed by atoms with van der Waals surface area (Å²) in [6.45, 7) is 2.27. The van der Waals surface area contributed by atoms with Crippen LogP contribution in [0.1, 0.15) is 30.1 Å². The molecule has 1 aromatic carbocycles. The van der Waals surface area contributed by atoms with E-state index in [2.05, 4.69) is 50.8 Å². The van der Waals surface area contributed by atoms with E-state index in [0.717, 1.165) is 47.8 Å². The first kappa shape index (κ1) is 32.1. The van der Waals surface area contributed by atoms with Crippen molar-refractivity contribution in [3.05, 3.63) is 78.6 Å². The van der Waals surface area contributed by atoms with Crippen molar-refractivity contribution in [1.82, 2.24) is 19.3 Å². The van der Waals surface area contributed by atoms with Crippen LogP contribution in [0.25, 0.3) is 16.6 Å². The van der Waals surface area contributed by atoms with E-state index in [1.165, 1.54) is 17.5 Å². The second-order valence-electron chi connectivity index (χ2n) is 9.50. The zero-order valence-electron chi connectivity index (χ0n) is 22.5. The van der Waals surface area contributed by atoms with Crippen LogP contribution in [0.15, 0.2) is 67.4 Å². The van der Waals surface area contributed by atoms with Crippen LogP contribution in [-0.4, -0.2) is 67.1 Å². The molecule has 10 nitrogen and oxygen atoms in total. The molecule has 0 spiro atoms. The molecule has 0 bridgehead atoms. The number of pyridine rings is 2. The Hall–Kier alpha value is -4.86. The molecule has 5 heterocycles. The van der Waals surface area contributed by atoms with Gasteiger partial charge in [0.2, 0.25) is 6.79 Å². The molecule has 6 rings (SSSR count). The number of carboxylic acids is 2. The zero-order chi connectivity index (χ0) is 32.1. The van der Waals surface area contributed by atoms with Gasteiger partial charge in [-0.1, -0.05) is 18.2 Å². The van der Waals surface area contributed by atoms with Crippen molar-refractivity contribution < 1.29 is 55.6 Å². The van der Waals surface area contributed by atoms with E-state index >= 15 is 0 Å². The molecule has 0 amide bonds. The SMILES string of the molecule is O=C(O)C(F)(F)F.O=C(O)C(F)(F)F.c1cncc(-c2ccc3c(C4CCCN4Cc4ccc5c(c4)OCO5)ncn3c2)c1. The normalized spacial score (nSPS) is 16.1. The summed E-state index contributed by atoms with van der Waals surface area (Å²) < 4.78 is 76.6. The maximum absolute atomic E-state index is 10.6. The highest BCUT2D eigenvalue weighted by Crippen LogP contribution is 2.37. The maximum Gasteiger partial charge on any atom is 0.490 e. The molecule has 0 radical (unpaired) electrons. The molecule has 4 aromatic rings. The Morgan fingerprint density at radius 1 is 0.932 bits per heavy atom. The second-order valence-corrected chi connectivity index (χ2v) is 9.50. The number of likely N-dealkylation sites (tertiary alicyclic amines) is 1. The van der Waals surface area contributed by atoms with Gasteiger partial charge in [-0.2, -0.15) is 26.3 Å². The van der Waals surface area contributed by atoms with Crippen LogP contribution < -0.4 is 9.47 Å². The molecule has 44 heavy (non-hydrogen) atoms. The molecule has 1 atom stereocenters. The van der Waals surface area contributed by atoms with Crippen LogP contribution in [0.2, 0.25) is 0 Å². The molecule has 0 saturated carbocycles. The summed E-state index contributed by atoms with van der Waals surface area (Å²) in [5, 5.41) is 14.2. The number of halogens is 6. The molecular weight excluding hydrogens is 602 g/mol. The van der Waals surface area contributed by atoms with E-state index in [0.29, 0.717) is 12.8 Å². The van der Waals surface area contributed by atoms with E-state index < -0.39 is 24.3 Å². The average molecular weight is 627 g/mol. The Morgan fingerprint density at radius 3 is 2.25 bits per heavy atom. The lowest BCUT2D eigenvalue weighted by molar-refractivity contribution is -0.193. The fourth-order valence-corrected chi connectivity index (χ4v) is 4.58. The zero-order valence-corrected chi connectivity index (χ0v) is 22.5. The molecule has 0 aliphatic carbocycles. The van der Waals surface area contributed by atoms with Gasteiger partial charge < -0.3 is 24.1 Å². The van der Waals surface area contributed by atoms with Crippen molar-refractivity contribution in [2.24, 2.45) is 0 Å². The number of nitrogens with zero attached hydrogens (tertiary/aromatic N) is 4. The van der Waals surface area contributed by atoms with Crippen molar-refractivity contribution in [2.75, 3.05) is 13.3 Å². The molecule has 1 saturated heterocycles. The Balaban J connectivity index is 0.000000265. The van der Waals surface area contributed by atoms with E-state index in [-0.39, 0.29) is 0 Å². The number of imidazole rings is 1. The van der Waals surface area contributed by atoms with Gasteiger partial charge in [-0.25, -0.2) is 14.6 Å². The van der Waals surface area contributed by atoms with Crippen LogP contribution in [0, 0.1) is 0 Å². The number of ether oxygens (including phenoxy) is 2. The van der Waals surface area contributed by atoms with Gasteiger partial charge in [-0.05, 0) is 54.8 Å². The summed E-state index contributed by atoms with van der Waals surface area (Å²) in [6.07, 6.45) is -0.0968. The van der Waals surface area contributed by atoms with Crippen LogP contribution in [0.3, 0.4) is 0 Å². The van der Waals surface area contributed by atoms with Crippen molar-refractivity contribution >= 4 is 17.5 Å². The molecule has 2 N–H and O–H groups in total. The van der Waals surface area contributed by atoms with E-state index in [1.807, 2.05) is 24.7 Å². The Morgan fingerprint density at radius 2 is 1.61 bits per heavy atom. The van der Waals surface area contributed by atoms with Crippen LogP contribution in [0.5, 0.6) is 11.5 Å². The number of alkyl halides is 6. The summed E-state index contributed by atoms with van der Waals surface area (Å²) >= 11 is 0. The predicted molar refractivity (Wildman–Crippen MR) is 141 cm³/mol. The third kappa shape index (κ3) is 7.94. The summed E-state index contributed by atoms with van der Waals surface area (Å²) in [5.41, 5.74) is 5.83. The third-order valence-electron chi connectivity index (χ3n) is 6.54. The van der Waals surface area contributed by atoms with E-state index in [4.69, 9.17) is 34.3 Å². The standard InChI is InChI=1S/C24H22N4O2.2C2HF3O2/c1-3-18(12-25-9-1)19-6-7-21-24(26-15-28(21)14-19)20-4-2-10-27(20)13-17-5-8-22-23(11-17)30-16-29-22;2*3-2(4,5)1(6)7/h1,3,5-9,11-12,14-15,20H,2,4,10,13,16H2;2*(H,6,7). The number of aliphatic carboxylic acids is 2. The number of carbonyl (C=O) groups is 2. The smallest absolute Gasteiger partial charge is 0.475 e. The number of hydrogen-bond donors (Lipinski definition) is 2. The van der Waals surface area contributed by atoms with Crippen LogP contribution >= 0.6 is 0 Å². The first-order chi connectivity index (χ1) is 20.7. The molecule has 1 unspecified atom stereocenters. The third-order valence-corrected chi connectivity index (χ3v) is 6.54. The summed E-state index contributed by atoms with van der Waals surface area (Å²) in [4.78, 5) is 29.4. The van der Waals surface area contributed by atoms with Gasteiger partial charge in [0.15, 0.2) is 11.5 Å². The molecule has 3 aromatic heterocycles. The Labute approximate surface area is 245 Å². The second kappa shape index (κ2) is 13.2. The molecule has 1 fully saturated rings. The first-order valence-corrected chi connectivity index (χ1v) is 12.8. The van der Waals surface area contributed by atoms with Crippen molar-refractivity contribution in [3.63, 3.8) is 0 Å². The number of fused-ring (bicyclic) bond motifs is 2. The first-order valence-electron chi connectivity index (χ1n) is 12.8. The minimum Gasteiger partial charge on any atom is -0.475 e. The maximum atomic E-state index is 10.6. The number of rotatable bonds is 4. The number of hydrogen-bond acceptors (Lipinski definition) is 7. The average Bonchev–Trinajstić information content (AvgIpc) is 3.72. The number of aromatic nitrogens is 3. The van der Waals surface area contributed by atoms with Gasteiger partial charge in [-0.15, -0.1) is 0 Å². The fourth-order valence-electron chi connectivity index (χ4n) is 4.58. The quantitative estimate of drug-likeness (QED) is 0.273. The number of benzene rings is 1. The Bertz CT molecular complexity index is 1590. The highest BCUT2D eigenvalue weighted by molar-refractivity contribution is 5.73. The molecule has 234 valence electrons. The summed E-state index contributed by atoms with van der Waals surface area (Å²) in [7, 11) is 0. The Kier molecular flexibility index (Phi) is 9.62. The van der Waals surface area contributed by atoms with Crippen molar-refractivity contribution in [1.29, 1.82) is 0 Å². The molecule has 2 aliphatic rings. The van der Waals surface area contributed by atoms with Crippen LogP contribution in [0.4, 0.5) is 26.3 Å². The largest absolute Gasteiger partial charge is 0.490 e. The van der Waals surface area contributed by atoms with Gasteiger partial charge in [0, 0.05) is 30.7 Å². The lowest BCUT2D eigenvalue weighted by Crippen LogP contribution is -2.23.